The summed E-state index contributed by atoms with van der Waals surface area (Å²) in [5.41, 5.74) is 3.76. The number of hydrogen-bond donors (Lipinski definition) is 1. The summed E-state index contributed by atoms with van der Waals surface area (Å²) in [6, 6.07) is 15.9. The molecule has 36 heavy (non-hydrogen) atoms. The molecule has 1 amide bonds. The number of aromatic nitrogens is 2. The van der Waals surface area contributed by atoms with E-state index in [4.69, 9.17) is 14.6 Å². The Balaban J connectivity index is 1.40. The topological polar surface area (TPSA) is 68.6 Å². The summed E-state index contributed by atoms with van der Waals surface area (Å²) in [7, 11) is 0. The highest BCUT2D eigenvalue weighted by Crippen LogP contribution is 2.28. The summed E-state index contributed by atoms with van der Waals surface area (Å²) in [6.07, 6.45) is 0.247. The van der Waals surface area contributed by atoms with Crippen LogP contribution in [0.5, 0.6) is 5.75 Å². The number of amides is 1. The SMILES string of the molecule is Cc1ccc(-n2nc(C(C)(C)C)cc2NC(=O)Cc2ccc(OCCN3CCOCC3)c(Br)c2)cc1. The minimum Gasteiger partial charge on any atom is -0.491 e. The number of rotatable bonds is 8. The molecule has 2 aromatic carbocycles. The van der Waals surface area contributed by atoms with Crippen molar-refractivity contribution in [2.24, 2.45) is 0 Å². The molecule has 7 nitrogen and oxygen atoms in total. The molecule has 2 heterocycles. The maximum absolute atomic E-state index is 13.0. The average molecular weight is 556 g/mol. The Morgan fingerprint density at radius 1 is 1.11 bits per heavy atom. The number of carbonyl (C=O) groups is 1. The fourth-order valence-corrected chi connectivity index (χ4v) is 4.51. The fourth-order valence-electron chi connectivity index (χ4n) is 3.97. The zero-order chi connectivity index (χ0) is 25.7. The summed E-state index contributed by atoms with van der Waals surface area (Å²) >= 11 is 3.60. The lowest BCUT2D eigenvalue weighted by Gasteiger charge is -2.26. The van der Waals surface area contributed by atoms with Crippen LogP contribution >= 0.6 is 15.9 Å². The second-order valence-corrected chi connectivity index (χ2v) is 11.1. The number of aryl methyl sites for hydroxylation is 1. The molecule has 1 N–H and O–H groups in total. The van der Waals surface area contributed by atoms with Gasteiger partial charge >= 0.3 is 0 Å². The highest BCUT2D eigenvalue weighted by Gasteiger charge is 2.22. The molecular formula is C28H35BrN4O3. The van der Waals surface area contributed by atoms with Crippen LogP contribution in [0, 0.1) is 6.92 Å². The van der Waals surface area contributed by atoms with E-state index in [9.17, 15) is 4.79 Å². The third kappa shape index (κ3) is 6.96. The van der Waals surface area contributed by atoms with Crippen LogP contribution in [0.4, 0.5) is 5.82 Å². The van der Waals surface area contributed by atoms with Crippen molar-refractivity contribution in [1.29, 1.82) is 0 Å². The van der Waals surface area contributed by atoms with Gasteiger partial charge in [0, 0.05) is 31.1 Å². The van der Waals surface area contributed by atoms with E-state index in [1.807, 2.05) is 48.5 Å². The van der Waals surface area contributed by atoms with E-state index in [0.29, 0.717) is 12.4 Å². The molecule has 0 unspecified atom stereocenters. The minimum absolute atomic E-state index is 0.100. The molecule has 0 spiro atoms. The van der Waals surface area contributed by atoms with Crippen molar-refractivity contribution in [2.45, 2.75) is 39.5 Å². The molecule has 4 rings (SSSR count). The standard InChI is InChI=1S/C28H35BrN4O3/c1-20-5-8-22(9-6-20)33-26(19-25(31-33)28(2,3)4)30-27(34)18-21-7-10-24(23(29)17-21)36-16-13-32-11-14-35-15-12-32/h5-10,17,19H,11-16,18H2,1-4H3,(H,30,34). The van der Waals surface area contributed by atoms with Crippen molar-refractivity contribution in [3.63, 3.8) is 0 Å². The summed E-state index contributed by atoms with van der Waals surface area (Å²) in [5, 5.41) is 7.87. The smallest absolute Gasteiger partial charge is 0.229 e. The predicted octanol–water partition coefficient (Wildman–Crippen LogP) is 5.13. The number of carbonyl (C=O) groups excluding carboxylic acids is 1. The van der Waals surface area contributed by atoms with Gasteiger partial charge in [0.15, 0.2) is 0 Å². The van der Waals surface area contributed by atoms with E-state index in [1.54, 1.807) is 4.68 Å². The van der Waals surface area contributed by atoms with Crippen LogP contribution in [-0.2, 0) is 21.4 Å². The van der Waals surface area contributed by atoms with Crippen molar-refractivity contribution >= 4 is 27.7 Å². The molecule has 0 atom stereocenters. The van der Waals surface area contributed by atoms with Gasteiger partial charge in [0.1, 0.15) is 18.2 Å². The number of nitrogens with zero attached hydrogens (tertiary/aromatic N) is 3. The van der Waals surface area contributed by atoms with Gasteiger partial charge in [0.05, 0.1) is 35.5 Å². The molecule has 1 aromatic heterocycles. The molecule has 192 valence electrons. The normalized spacial score (nSPS) is 14.6. The lowest BCUT2D eigenvalue weighted by molar-refractivity contribution is -0.115. The zero-order valence-corrected chi connectivity index (χ0v) is 23.1. The molecular weight excluding hydrogens is 520 g/mol. The third-order valence-electron chi connectivity index (χ3n) is 6.15. The lowest BCUT2D eigenvalue weighted by atomic mass is 9.92. The molecule has 1 fully saturated rings. The van der Waals surface area contributed by atoms with Crippen LogP contribution < -0.4 is 10.1 Å². The second-order valence-electron chi connectivity index (χ2n) is 10.2. The number of morpholine rings is 1. The molecule has 0 aliphatic carbocycles. The first-order chi connectivity index (χ1) is 17.2. The maximum Gasteiger partial charge on any atom is 0.229 e. The minimum atomic E-state index is -0.141. The Hall–Kier alpha value is -2.68. The van der Waals surface area contributed by atoms with Crippen molar-refractivity contribution in [3.05, 3.63) is 69.8 Å². The van der Waals surface area contributed by atoms with Gasteiger partial charge in [0.2, 0.25) is 5.91 Å². The lowest BCUT2D eigenvalue weighted by Crippen LogP contribution is -2.38. The predicted molar refractivity (Wildman–Crippen MR) is 146 cm³/mol. The third-order valence-corrected chi connectivity index (χ3v) is 6.77. The van der Waals surface area contributed by atoms with E-state index >= 15 is 0 Å². The summed E-state index contributed by atoms with van der Waals surface area (Å²) in [5.74, 6) is 1.34. The van der Waals surface area contributed by atoms with Crippen LogP contribution in [0.25, 0.3) is 5.69 Å². The van der Waals surface area contributed by atoms with Gasteiger partial charge in [-0.3, -0.25) is 9.69 Å². The van der Waals surface area contributed by atoms with Crippen LogP contribution in [-0.4, -0.2) is 60.0 Å². The molecule has 1 saturated heterocycles. The van der Waals surface area contributed by atoms with Crippen LogP contribution in [0.2, 0.25) is 0 Å². The Bertz CT molecular complexity index is 1180. The van der Waals surface area contributed by atoms with Gasteiger partial charge in [0.25, 0.3) is 0 Å². The first-order valence-corrected chi connectivity index (χ1v) is 13.2. The van der Waals surface area contributed by atoms with Crippen LogP contribution in [0.1, 0.15) is 37.6 Å². The van der Waals surface area contributed by atoms with Crippen molar-refractivity contribution < 1.29 is 14.3 Å². The number of hydrogen-bond acceptors (Lipinski definition) is 5. The van der Waals surface area contributed by atoms with Crippen LogP contribution in [0.3, 0.4) is 0 Å². The highest BCUT2D eigenvalue weighted by molar-refractivity contribution is 9.10. The molecule has 3 aromatic rings. The van der Waals surface area contributed by atoms with Gasteiger partial charge in [-0.05, 0) is 52.7 Å². The summed E-state index contributed by atoms with van der Waals surface area (Å²) in [6.45, 7) is 13.3. The number of nitrogens with one attached hydrogen (secondary N) is 1. The molecule has 1 aliphatic rings. The first kappa shape index (κ1) is 26.4. The molecule has 8 heteroatoms. The Kier molecular flexibility index (Phi) is 8.49. The van der Waals surface area contributed by atoms with E-state index in [2.05, 4.69) is 53.8 Å². The van der Waals surface area contributed by atoms with E-state index in [0.717, 1.165) is 60.0 Å². The first-order valence-electron chi connectivity index (χ1n) is 12.4. The van der Waals surface area contributed by atoms with Crippen molar-refractivity contribution in [2.75, 3.05) is 44.8 Å². The quantitative estimate of drug-likeness (QED) is 0.418. The number of anilines is 1. The largest absolute Gasteiger partial charge is 0.491 e. The number of halogens is 1. The van der Waals surface area contributed by atoms with Gasteiger partial charge in [-0.25, -0.2) is 4.68 Å². The Morgan fingerprint density at radius 2 is 1.83 bits per heavy atom. The van der Waals surface area contributed by atoms with E-state index < -0.39 is 0 Å². The van der Waals surface area contributed by atoms with Gasteiger partial charge in [-0.2, -0.15) is 5.10 Å². The highest BCUT2D eigenvalue weighted by atomic mass is 79.9. The monoisotopic (exact) mass is 554 g/mol. The maximum atomic E-state index is 13.0. The van der Waals surface area contributed by atoms with Gasteiger partial charge in [-0.15, -0.1) is 0 Å². The Morgan fingerprint density at radius 3 is 2.50 bits per heavy atom. The number of benzene rings is 2. The molecule has 0 radical (unpaired) electrons. The van der Waals surface area contributed by atoms with Crippen molar-refractivity contribution in [1.82, 2.24) is 14.7 Å². The molecule has 0 bridgehead atoms. The fraction of sp³-hybridized carbons (Fsp3) is 0.429. The van der Waals surface area contributed by atoms with Gasteiger partial charge in [-0.1, -0.05) is 44.5 Å². The van der Waals surface area contributed by atoms with Crippen LogP contribution in [0.15, 0.2) is 53.0 Å². The van der Waals surface area contributed by atoms with Gasteiger partial charge < -0.3 is 14.8 Å². The Labute approximate surface area is 221 Å². The average Bonchev–Trinajstić information content (AvgIpc) is 3.26. The van der Waals surface area contributed by atoms with E-state index in [-0.39, 0.29) is 17.7 Å². The molecule has 0 saturated carbocycles. The summed E-state index contributed by atoms with van der Waals surface area (Å²) in [4.78, 5) is 15.3. The van der Waals surface area contributed by atoms with E-state index in [1.165, 1.54) is 5.56 Å². The van der Waals surface area contributed by atoms with Crippen molar-refractivity contribution in [3.8, 4) is 11.4 Å². The summed E-state index contributed by atoms with van der Waals surface area (Å²) < 4.78 is 14.0. The zero-order valence-electron chi connectivity index (χ0n) is 21.5. The second kappa shape index (κ2) is 11.6. The number of ether oxygens (including phenoxy) is 2. The molecule has 1 aliphatic heterocycles.